The molecule has 2 aliphatic heterocycles. The molecule has 1 aromatic rings. The number of carbonyl (C=O) groups excluding carboxylic acids is 2. The van der Waals surface area contributed by atoms with Gasteiger partial charge in [0, 0.05) is 37.4 Å². The highest BCUT2D eigenvalue weighted by Crippen LogP contribution is 2.23. The largest absolute Gasteiger partial charge is 0.373 e. The Labute approximate surface area is 142 Å². The number of nitrogens with zero attached hydrogens (tertiary/aromatic N) is 2. The standard InChI is InChI=1S/C18H25N3O3/c1-13-10-20(11-14(2)24-13)12-17(22)19-15-5-7-16(8-6-15)21-9-3-4-18(21)23/h5-8,13-14H,3-4,9-12H2,1-2H3,(H,19,22). The molecular formula is C18H25N3O3. The van der Waals surface area contributed by atoms with Crippen LogP contribution in [0, 0.1) is 0 Å². The van der Waals surface area contributed by atoms with Crippen molar-refractivity contribution in [1.82, 2.24) is 4.90 Å². The van der Waals surface area contributed by atoms with E-state index >= 15 is 0 Å². The minimum atomic E-state index is -0.0266. The molecule has 3 rings (SSSR count). The van der Waals surface area contributed by atoms with Crippen molar-refractivity contribution >= 4 is 23.2 Å². The molecule has 130 valence electrons. The third-order valence-corrected chi connectivity index (χ3v) is 4.40. The average Bonchev–Trinajstić information content (AvgIpc) is 2.93. The molecule has 6 heteroatoms. The Morgan fingerprint density at radius 3 is 2.46 bits per heavy atom. The zero-order chi connectivity index (χ0) is 17.1. The maximum atomic E-state index is 12.2. The second-order valence-electron chi connectivity index (χ2n) is 6.70. The van der Waals surface area contributed by atoms with E-state index in [1.807, 2.05) is 38.1 Å². The van der Waals surface area contributed by atoms with Crippen LogP contribution in [0.5, 0.6) is 0 Å². The van der Waals surface area contributed by atoms with Crippen LogP contribution < -0.4 is 10.2 Å². The fourth-order valence-corrected chi connectivity index (χ4v) is 3.46. The van der Waals surface area contributed by atoms with Gasteiger partial charge in [-0.3, -0.25) is 14.5 Å². The van der Waals surface area contributed by atoms with Crippen molar-refractivity contribution in [2.45, 2.75) is 38.9 Å². The summed E-state index contributed by atoms with van der Waals surface area (Å²) in [7, 11) is 0. The second kappa shape index (κ2) is 7.32. The highest BCUT2D eigenvalue weighted by Gasteiger charge is 2.24. The minimum Gasteiger partial charge on any atom is -0.373 e. The van der Waals surface area contributed by atoms with Crippen molar-refractivity contribution in [3.8, 4) is 0 Å². The summed E-state index contributed by atoms with van der Waals surface area (Å²) in [6.07, 6.45) is 1.83. The Balaban J connectivity index is 1.54. The first-order valence-corrected chi connectivity index (χ1v) is 8.59. The lowest BCUT2D eigenvalue weighted by Crippen LogP contribution is -2.48. The molecule has 0 radical (unpaired) electrons. The molecule has 1 N–H and O–H groups in total. The lowest BCUT2D eigenvalue weighted by Gasteiger charge is -2.34. The molecule has 0 aromatic heterocycles. The molecule has 1 aromatic carbocycles. The van der Waals surface area contributed by atoms with Crippen LogP contribution in [0.15, 0.2) is 24.3 Å². The molecule has 2 aliphatic rings. The average molecular weight is 331 g/mol. The normalized spacial score (nSPS) is 25.1. The summed E-state index contributed by atoms with van der Waals surface area (Å²) in [6.45, 7) is 6.74. The van der Waals surface area contributed by atoms with Crippen LogP contribution in [0.2, 0.25) is 0 Å². The Hall–Kier alpha value is -1.92. The summed E-state index contributed by atoms with van der Waals surface area (Å²) >= 11 is 0. The quantitative estimate of drug-likeness (QED) is 0.915. The molecule has 0 aliphatic carbocycles. The first-order valence-electron chi connectivity index (χ1n) is 8.59. The van der Waals surface area contributed by atoms with Crippen LogP contribution in [0.1, 0.15) is 26.7 Å². The summed E-state index contributed by atoms with van der Waals surface area (Å²) in [6, 6.07) is 7.47. The van der Waals surface area contributed by atoms with E-state index in [9.17, 15) is 9.59 Å². The van der Waals surface area contributed by atoms with E-state index in [1.165, 1.54) is 0 Å². The Morgan fingerprint density at radius 1 is 1.21 bits per heavy atom. The van der Waals surface area contributed by atoms with Crippen LogP contribution >= 0.6 is 0 Å². The molecule has 24 heavy (non-hydrogen) atoms. The molecule has 2 fully saturated rings. The Bertz CT molecular complexity index is 592. The fraction of sp³-hybridized carbons (Fsp3) is 0.556. The molecule has 0 bridgehead atoms. The van der Waals surface area contributed by atoms with Gasteiger partial charge in [0.2, 0.25) is 11.8 Å². The molecule has 2 atom stereocenters. The molecule has 0 saturated carbocycles. The number of hydrogen-bond donors (Lipinski definition) is 1. The summed E-state index contributed by atoms with van der Waals surface area (Å²) in [5.41, 5.74) is 1.65. The van der Waals surface area contributed by atoms with Gasteiger partial charge in [-0.2, -0.15) is 0 Å². The number of hydrogen-bond acceptors (Lipinski definition) is 4. The third-order valence-electron chi connectivity index (χ3n) is 4.40. The van der Waals surface area contributed by atoms with Crippen molar-refractivity contribution in [1.29, 1.82) is 0 Å². The smallest absolute Gasteiger partial charge is 0.238 e. The van der Waals surface area contributed by atoms with Crippen molar-refractivity contribution < 1.29 is 14.3 Å². The maximum Gasteiger partial charge on any atom is 0.238 e. The van der Waals surface area contributed by atoms with Crippen LogP contribution in [0.4, 0.5) is 11.4 Å². The number of carbonyl (C=O) groups is 2. The van der Waals surface area contributed by atoms with E-state index in [4.69, 9.17) is 4.74 Å². The fourth-order valence-electron chi connectivity index (χ4n) is 3.46. The summed E-state index contributed by atoms with van der Waals surface area (Å²) in [5, 5.41) is 2.92. The van der Waals surface area contributed by atoms with Gasteiger partial charge in [0.15, 0.2) is 0 Å². The third kappa shape index (κ3) is 4.13. The van der Waals surface area contributed by atoms with Crippen LogP contribution in [-0.2, 0) is 14.3 Å². The predicted octanol–water partition coefficient (Wildman–Crippen LogP) is 1.86. The van der Waals surface area contributed by atoms with Gasteiger partial charge in [-0.25, -0.2) is 0 Å². The number of anilines is 2. The molecule has 6 nitrogen and oxygen atoms in total. The van der Waals surface area contributed by atoms with E-state index in [0.717, 1.165) is 37.4 Å². The van der Waals surface area contributed by atoms with Crippen molar-refractivity contribution in [2.75, 3.05) is 36.4 Å². The van der Waals surface area contributed by atoms with Gasteiger partial charge in [-0.05, 0) is 44.5 Å². The van der Waals surface area contributed by atoms with Crippen LogP contribution in [0.25, 0.3) is 0 Å². The Morgan fingerprint density at radius 2 is 1.88 bits per heavy atom. The lowest BCUT2D eigenvalue weighted by molar-refractivity contribution is -0.121. The number of amides is 2. The van der Waals surface area contributed by atoms with Gasteiger partial charge in [0.05, 0.1) is 18.8 Å². The second-order valence-corrected chi connectivity index (χ2v) is 6.70. The Kier molecular flexibility index (Phi) is 5.16. The zero-order valence-corrected chi connectivity index (χ0v) is 14.3. The minimum absolute atomic E-state index is 0.0266. The zero-order valence-electron chi connectivity index (χ0n) is 14.3. The van der Waals surface area contributed by atoms with Gasteiger partial charge in [0.1, 0.15) is 0 Å². The number of nitrogens with one attached hydrogen (secondary N) is 1. The summed E-state index contributed by atoms with van der Waals surface area (Å²) < 4.78 is 5.68. The molecule has 2 saturated heterocycles. The summed E-state index contributed by atoms with van der Waals surface area (Å²) in [4.78, 5) is 27.9. The first kappa shape index (κ1) is 16.9. The van der Waals surface area contributed by atoms with E-state index in [0.29, 0.717) is 13.0 Å². The topological polar surface area (TPSA) is 61.9 Å². The van der Waals surface area contributed by atoms with Gasteiger partial charge in [-0.1, -0.05) is 0 Å². The molecular weight excluding hydrogens is 306 g/mol. The summed E-state index contributed by atoms with van der Waals surface area (Å²) in [5.74, 6) is 0.142. The van der Waals surface area contributed by atoms with Gasteiger partial charge < -0.3 is 15.0 Å². The van der Waals surface area contributed by atoms with Crippen LogP contribution in [-0.4, -0.2) is 55.1 Å². The van der Waals surface area contributed by atoms with Crippen LogP contribution in [0.3, 0.4) is 0 Å². The number of morpholine rings is 1. The highest BCUT2D eigenvalue weighted by atomic mass is 16.5. The molecule has 2 heterocycles. The molecule has 2 amide bonds. The van der Waals surface area contributed by atoms with Crippen molar-refractivity contribution in [2.24, 2.45) is 0 Å². The van der Waals surface area contributed by atoms with E-state index in [1.54, 1.807) is 4.90 Å². The van der Waals surface area contributed by atoms with E-state index < -0.39 is 0 Å². The molecule has 0 spiro atoms. The van der Waals surface area contributed by atoms with E-state index in [2.05, 4.69) is 10.2 Å². The number of rotatable bonds is 4. The maximum absolute atomic E-state index is 12.2. The highest BCUT2D eigenvalue weighted by molar-refractivity contribution is 5.96. The van der Waals surface area contributed by atoms with Gasteiger partial charge in [-0.15, -0.1) is 0 Å². The lowest BCUT2D eigenvalue weighted by atomic mass is 10.2. The van der Waals surface area contributed by atoms with Crippen molar-refractivity contribution in [3.63, 3.8) is 0 Å². The predicted molar refractivity (Wildman–Crippen MR) is 93.1 cm³/mol. The van der Waals surface area contributed by atoms with Gasteiger partial charge >= 0.3 is 0 Å². The van der Waals surface area contributed by atoms with Gasteiger partial charge in [0.25, 0.3) is 0 Å². The number of benzene rings is 1. The SMILES string of the molecule is CC1CN(CC(=O)Nc2ccc(N3CCCC3=O)cc2)CC(C)O1. The monoisotopic (exact) mass is 331 g/mol. The molecule has 2 unspecified atom stereocenters. The van der Waals surface area contributed by atoms with Crippen molar-refractivity contribution in [3.05, 3.63) is 24.3 Å². The van der Waals surface area contributed by atoms with E-state index in [-0.39, 0.29) is 24.0 Å². The number of ether oxygens (including phenoxy) is 1. The first-order chi connectivity index (χ1) is 11.5.